The standard InChI is InChI=1S/C27H19Cl2N7O3/c1-4-21(37)33-18-9-14(12-30)5-6-17(18)34-27-32-13-15-10-16(26-31-7-8-36(26)25(15)35-27)22-23(28)19(38-2)11-20(39-3)24(22)29/h4-11,13H,1H2,2-3H3,(H,33,37)(H,32,34,35). The number of carbonyl (C=O) groups is 1. The third kappa shape index (κ3) is 4.65. The smallest absolute Gasteiger partial charge is 0.247 e. The lowest BCUT2D eigenvalue weighted by molar-refractivity contribution is -0.111. The molecule has 12 heteroatoms. The molecule has 0 aliphatic rings. The highest BCUT2D eigenvalue weighted by molar-refractivity contribution is 6.41. The lowest BCUT2D eigenvalue weighted by atomic mass is 10.0. The molecule has 10 nitrogen and oxygen atoms in total. The SMILES string of the molecule is C=CC(=O)Nc1cc(C#N)ccc1Nc1ncc2cc(-c3c(Cl)c(OC)cc(OC)c3Cl)c3nccn3c2n1. The van der Waals surface area contributed by atoms with E-state index in [1.54, 1.807) is 47.3 Å². The van der Waals surface area contributed by atoms with Gasteiger partial charge in [-0.3, -0.25) is 9.20 Å². The normalized spacial score (nSPS) is 10.7. The fraction of sp³-hybridized carbons (Fsp3) is 0.0741. The molecule has 194 valence electrons. The van der Waals surface area contributed by atoms with Crippen molar-refractivity contribution in [2.75, 3.05) is 24.9 Å². The Bertz CT molecular complexity index is 1800. The Hall–Kier alpha value is -4.85. The number of aromatic nitrogens is 4. The van der Waals surface area contributed by atoms with Crippen LogP contribution >= 0.6 is 23.2 Å². The number of rotatable bonds is 7. The number of methoxy groups -OCH3 is 2. The van der Waals surface area contributed by atoms with Crippen LogP contribution in [0, 0.1) is 11.3 Å². The maximum Gasteiger partial charge on any atom is 0.247 e. The van der Waals surface area contributed by atoms with Gasteiger partial charge in [0.2, 0.25) is 11.9 Å². The van der Waals surface area contributed by atoms with Crippen molar-refractivity contribution in [3.8, 4) is 28.7 Å². The molecule has 0 spiro atoms. The average Bonchev–Trinajstić information content (AvgIpc) is 3.45. The van der Waals surface area contributed by atoms with Crippen molar-refractivity contribution < 1.29 is 14.3 Å². The van der Waals surface area contributed by atoms with Gasteiger partial charge in [0.25, 0.3) is 0 Å². The van der Waals surface area contributed by atoms with E-state index in [1.165, 1.54) is 14.2 Å². The lowest BCUT2D eigenvalue weighted by Gasteiger charge is -2.16. The molecule has 1 amide bonds. The van der Waals surface area contributed by atoms with Crippen molar-refractivity contribution in [2.45, 2.75) is 0 Å². The van der Waals surface area contributed by atoms with E-state index in [1.807, 2.05) is 6.07 Å². The summed E-state index contributed by atoms with van der Waals surface area (Å²) in [6, 6.07) is 10.3. The molecule has 0 atom stereocenters. The Labute approximate surface area is 232 Å². The molecule has 3 aromatic heterocycles. The van der Waals surface area contributed by atoms with Crippen LogP contribution in [0.2, 0.25) is 10.0 Å². The minimum atomic E-state index is -0.424. The second kappa shape index (κ2) is 10.5. The van der Waals surface area contributed by atoms with Gasteiger partial charge in [0.05, 0.1) is 47.3 Å². The van der Waals surface area contributed by atoms with Crippen LogP contribution in [0.3, 0.4) is 0 Å². The molecule has 0 fully saturated rings. The second-order valence-corrected chi connectivity index (χ2v) is 8.88. The van der Waals surface area contributed by atoms with Crippen LogP contribution in [0.15, 0.2) is 61.6 Å². The van der Waals surface area contributed by atoms with Crippen LogP contribution in [0.1, 0.15) is 5.56 Å². The summed E-state index contributed by atoms with van der Waals surface area (Å²) in [5, 5.41) is 16.3. The highest BCUT2D eigenvalue weighted by Gasteiger charge is 2.22. The van der Waals surface area contributed by atoms with E-state index in [-0.39, 0.29) is 5.95 Å². The second-order valence-electron chi connectivity index (χ2n) is 8.13. The molecule has 0 radical (unpaired) electrons. The Kier molecular flexibility index (Phi) is 6.94. The summed E-state index contributed by atoms with van der Waals surface area (Å²) in [6.07, 6.45) is 6.17. The number of imidazole rings is 1. The molecule has 0 saturated carbocycles. The maximum absolute atomic E-state index is 11.9. The monoisotopic (exact) mass is 559 g/mol. The predicted octanol–water partition coefficient (Wildman–Crippen LogP) is 6.01. The van der Waals surface area contributed by atoms with Crippen molar-refractivity contribution in [2.24, 2.45) is 0 Å². The number of nitriles is 1. The molecule has 5 aromatic rings. The average molecular weight is 560 g/mol. The van der Waals surface area contributed by atoms with Gasteiger partial charge < -0.3 is 20.1 Å². The Morgan fingerprint density at radius 1 is 1.08 bits per heavy atom. The Morgan fingerprint density at radius 2 is 1.82 bits per heavy atom. The molecule has 0 saturated heterocycles. The fourth-order valence-corrected chi connectivity index (χ4v) is 4.77. The lowest BCUT2D eigenvalue weighted by Crippen LogP contribution is -2.10. The molecule has 39 heavy (non-hydrogen) atoms. The molecular weight excluding hydrogens is 541 g/mol. The molecule has 0 unspecified atom stereocenters. The van der Waals surface area contributed by atoms with Crippen LogP contribution in [0.25, 0.3) is 27.8 Å². The maximum atomic E-state index is 11.9. The third-order valence-corrected chi connectivity index (χ3v) is 6.64. The van der Waals surface area contributed by atoms with Crippen molar-refractivity contribution in [3.05, 3.63) is 77.2 Å². The molecular formula is C27H19Cl2N7O3. The topological polar surface area (TPSA) is 126 Å². The van der Waals surface area contributed by atoms with Crippen LogP contribution < -0.4 is 20.1 Å². The third-order valence-electron chi connectivity index (χ3n) is 5.89. The number of hydrogen-bond donors (Lipinski definition) is 2. The van der Waals surface area contributed by atoms with Crippen LogP contribution in [0.5, 0.6) is 11.5 Å². The zero-order chi connectivity index (χ0) is 27.7. The minimum Gasteiger partial charge on any atom is -0.495 e. The van der Waals surface area contributed by atoms with Gasteiger partial charge in [0.15, 0.2) is 5.65 Å². The fourth-order valence-electron chi connectivity index (χ4n) is 4.07. The summed E-state index contributed by atoms with van der Waals surface area (Å²) in [5.74, 6) is 0.625. The number of hydrogen-bond acceptors (Lipinski definition) is 8. The summed E-state index contributed by atoms with van der Waals surface area (Å²) in [7, 11) is 3.02. The van der Waals surface area contributed by atoms with Gasteiger partial charge in [0.1, 0.15) is 17.1 Å². The summed E-state index contributed by atoms with van der Waals surface area (Å²) >= 11 is 13.4. The number of halogens is 2. The number of amides is 1. The zero-order valence-electron chi connectivity index (χ0n) is 20.6. The van der Waals surface area contributed by atoms with E-state index in [0.29, 0.717) is 66.3 Å². The van der Waals surface area contributed by atoms with E-state index in [4.69, 9.17) is 32.7 Å². The number of carbonyl (C=O) groups excluding carboxylic acids is 1. The quantitative estimate of drug-likeness (QED) is 0.232. The number of nitrogens with one attached hydrogen (secondary N) is 2. The van der Waals surface area contributed by atoms with E-state index in [2.05, 4.69) is 38.2 Å². The van der Waals surface area contributed by atoms with Gasteiger partial charge in [-0.05, 0) is 30.3 Å². The summed E-state index contributed by atoms with van der Waals surface area (Å²) in [4.78, 5) is 25.6. The first-order chi connectivity index (χ1) is 18.9. The van der Waals surface area contributed by atoms with Crippen LogP contribution in [0.4, 0.5) is 17.3 Å². The molecule has 5 rings (SSSR count). The first kappa shape index (κ1) is 25.8. The molecule has 0 aliphatic heterocycles. The number of anilines is 3. The number of ether oxygens (including phenoxy) is 2. The summed E-state index contributed by atoms with van der Waals surface area (Å²) in [6.45, 7) is 3.47. The van der Waals surface area contributed by atoms with Crippen LogP contribution in [-0.4, -0.2) is 39.5 Å². The van der Waals surface area contributed by atoms with Crippen molar-refractivity contribution in [1.29, 1.82) is 5.26 Å². The van der Waals surface area contributed by atoms with E-state index in [0.717, 1.165) is 6.08 Å². The zero-order valence-corrected chi connectivity index (χ0v) is 22.1. The Morgan fingerprint density at radius 3 is 2.49 bits per heavy atom. The first-order valence-electron chi connectivity index (χ1n) is 11.4. The Balaban J connectivity index is 1.64. The van der Waals surface area contributed by atoms with Gasteiger partial charge in [-0.15, -0.1) is 0 Å². The van der Waals surface area contributed by atoms with Crippen molar-refractivity contribution >= 4 is 63.1 Å². The van der Waals surface area contributed by atoms with Gasteiger partial charge in [-0.2, -0.15) is 10.2 Å². The molecule has 2 N–H and O–H groups in total. The number of fused-ring (bicyclic) bond motifs is 3. The largest absolute Gasteiger partial charge is 0.495 e. The van der Waals surface area contributed by atoms with E-state index < -0.39 is 5.91 Å². The number of benzene rings is 2. The van der Waals surface area contributed by atoms with Gasteiger partial charge >= 0.3 is 0 Å². The molecule has 0 bridgehead atoms. The molecule has 2 aromatic carbocycles. The van der Waals surface area contributed by atoms with Crippen LogP contribution in [-0.2, 0) is 4.79 Å². The van der Waals surface area contributed by atoms with Crippen molar-refractivity contribution in [3.63, 3.8) is 0 Å². The molecule has 3 heterocycles. The van der Waals surface area contributed by atoms with Crippen molar-refractivity contribution in [1.82, 2.24) is 19.4 Å². The summed E-state index contributed by atoms with van der Waals surface area (Å²) in [5.41, 5.74) is 3.46. The highest BCUT2D eigenvalue weighted by Crippen LogP contribution is 2.47. The van der Waals surface area contributed by atoms with E-state index >= 15 is 0 Å². The number of nitrogens with zero attached hydrogens (tertiary/aromatic N) is 5. The van der Waals surface area contributed by atoms with E-state index in [9.17, 15) is 10.1 Å². The predicted molar refractivity (Wildman–Crippen MR) is 150 cm³/mol. The van der Waals surface area contributed by atoms with Gasteiger partial charge in [0, 0.05) is 41.2 Å². The number of pyridine rings is 1. The molecule has 0 aliphatic carbocycles. The first-order valence-corrected chi connectivity index (χ1v) is 12.1. The van der Waals surface area contributed by atoms with Gasteiger partial charge in [-0.25, -0.2) is 9.97 Å². The van der Waals surface area contributed by atoms with Gasteiger partial charge in [-0.1, -0.05) is 29.8 Å². The summed E-state index contributed by atoms with van der Waals surface area (Å²) < 4.78 is 12.7. The minimum absolute atomic E-state index is 0.253. The highest BCUT2D eigenvalue weighted by atomic mass is 35.5.